The molecule has 3 rings (SSSR count). The van der Waals surface area contributed by atoms with Crippen molar-refractivity contribution in [2.24, 2.45) is 0 Å². The van der Waals surface area contributed by atoms with Crippen LogP contribution in [0.25, 0.3) is 0 Å². The monoisotopic (exact) mass is 436 g/mol. The van der Waals surface area contributed by atoms with E-state index >= 15 is 0 Å². The molecule has 12 heteroatoms. The van der Waals surface area contributed by atoms with Gasteiger partial charge < -0.3 is 28.4 Å². The average Bonchev–Trinajstić information content (AvgIpc) is 3.26. The molecule has 2 atom stereocenters. The molecule has 0 aliphatic carbocycles. The third-order valence-corrected chi connectivity index (χ3v) is 4.84. The zero-order valence-corrected chi connectivity index (χ0v) is 17.1. The lowest BCUT2D eigenvalue weighted by Crippen LogP contribution is -2.12. The minimum atomic E-state index is -1.03. The molecule has 31 heavy (non-hydrogen) atoms. The van der Waals surface area contributed by atoms with E-state index in [1.54, 1.807) is 0 Å². The van der Waals surface area contributed by atoms with Crippen LogP contribution in [0.1, 0.15) is 23.3 Å². The molecule has 0 spiro atoms. The summed E-state index contributed by atoms with van der Waals surface area (Å²) in [7, 11) is 5.48. The number of hydrogen-bond acceptors (Lipinski definition) is 10. The van der Waals surface area contributed by atoms with Gasteiger partial charge in [-0.2, -0.15) is 0 Å². The molecule has 12 nitrogen and oxygen atoms in total. The Morgan fingerprint density at radius 1 is 0.710 bits per heavy atom. The lowest BCUT2D eigenvalue weighted by molar-refractivity contribution is -0.387. The maximum atomic E-state index is 11.7. The first-order valence-electron chi connectivity index (χ1n) is 8.90. The van der Waals surface area contributed by atoms with Crippen LogP contribution in [-0.4, -0.2) is 45.1 Å². The number of nitro benzene ring substituents is 2. The molecule has 0 N–H and O–H groups in total. The Kier molecular flexibility index (Phi) is 6.42. The van der Waals surface area contributed by atoms with Crippen molar-refractivity contribution >= 4 is 11.4 Å². The molecule has 0 amide bonds. The number of methoxy groups -OCH3 is 4. The predicted octanol–water partition coefficient (Wildman–Crippen LogP) is 3.32. The molecule has 1 fully saturated rings. The van der Waals surface area contributed by atoms with Crippen LogP contribution < -0.4 is 18.9 Å². The second-order valence-corrected chi connectivity index (χ2v) is 6.34. The van der Waals surface area contributed by atoms with Crippen molar-refractivity contribution in [2.45, 2.75) is 12.2 Å². The van der Waals surface area contributed by atoms with Gasteiger partial charge in [0, 0.05) is 0 Å². The summed E-state index contributed by atoms with van der Waals surface area (Å²) in [5.74, 6) is 0.786. The summed E-state index contributed by atoms with van der Waals surface area (Å²) in [4.78, 5) is 22.2. The lowest BCUT2D eigenvalue weighted by Gasteiger charge is -2.20. The number of nitrogens with zero attached hydrogens (tertiary/aromatic N) is 2. The molecular formula is C19H20N2O10. The molecule has 0 aromatic heterocycles. The Balaban J connectivity index is 2.18. The highest BCUT2D eigenvalue weighted by Crippen LogP contribution is 2.49. The van der Waals surface area contributed by atoms with Crippen molar-refractivity contribution < 1.29 is 38.3 Å². The highest BCUT2D eigenvalue weighted by atomic mass is 16.7. The van der Waals surface area contributed by atoms with Gasteiger partial charge in [0.2, 0.25) is 0 Å². The molecule has 0 radical (unpaired) electrons. The van der Waals surface area contributed by atoms with E-state index in [0.29, 0.717) is 0 Å². The van der Waals surface area contributed by atoms with Crippen LogP contribution in [0.3, 0.4) is 0 Å². The number of hydrogen-bond donors (Lipinski definition) is 0. The van der Waals surface area contributed by atoms with Crippen molar-refractivity contribution in [1.29, 1.82) is 0 Å². The third kappa shape index (κ3) is 4.02. The van der Waals surface area contributed by atoms with Crippen molar-refractivity contribution in [2.75, 3.05) is 35.2 Å². The van der Waals surface area contributed by atoms with E-state index in [1.165, 1.54) is 52.7 Å². The molecule has 1 saturated heterocycles. The lowest BCUT2D eigenvalue weighted by atomic mass is 9.95. The van der Waals surface area contributed by atoms with E-state index in [4.69, 9.17) is 28.4 Å². The zero-order chi connectivity index (χ0) is 22.7. The minimum Gasteiger partial charge on any atom is -0.493 e. The summed E-state index contributed by atoms with van der Waals surface area (Å²) < 4.78 is 32.0. The largest absolute Gasteiger partial charge is 0.493 e. The van der Waals surface area contributed by atoms with Crippen LogP contribution >= 0.6 is 0 Å². The van der Waals surface area contributed by atoms with Crippen LogP contribution in [0, 0.1) is 20.2 Å². The minimum absolute atomic E-state index is 0.120. The molecule has 1 aliphatic rings. The van der Waals surface area contributed by atoms with Gasteiger partial charge in [-0.3, -0.25) is 20.2 Å². The van der Waals surface area contributed by atoms with E-state index in [1.807, 2.05) is 0 Å². The van der Waals surface area contributed by atoms with E-state index in [9.17, 15) is 20.2 Å². The van der Waals surface area contributed by atoms with Gasteiger partial charge in [0.1, 0.15) is 19.0 Å². The smallest absolute Gasteiger partial charge is 0.279 e. The fourth-order valence-electron chi connectivity index (χ4n) is 3.41. The molecule has 1 heterocycles. The fourth-order valence-corrected chi connectivity index (χ4v) is 3.41. The summed E-state index contributed by atoms with van der Waals surface area (Å²) in [6.45, 7) is -0.230. The molecule has 2 unspecified atom stereocenters. The fraction of sp³-hybridized carbons (Fsp3) is 0.368. The second kappa shape index (κ2) is 9.02. The number of benzene rings is 2. The topological polar surface area (TPSA) is 142 Å². The zero-order valence-electron chi connectivity index (χ0n) is 17.1. The van der Waals surface area contributed by atoms with Crippen LogP contribution in [0.5, 0.6) is 23.0 Å². The Morgan fingerprint density at radius 3 is 1.32 bits per heavy atom. The van der Waals surface area contributed by atoms with Crippen LogP contribution in [0.15, 0.2) is 24.3 Å². The standard InChI is InChI=1S/C19H20N2O10/c1-26-14-5-10(12(20(22)23)7-16(14)28-3)18-19(31-9-30-18)11-6-15(27-2)17(29-4)8-13(11)21(24)25/h5-8,18-19H,9H2,1-4H3. The maximum Gasteiger partial charge on any atom is 0.279 e. The van der Waals surface area contributed by atoms with Crippen molar-refractivity contribution in [3.05, 3.63) is 55.6 Å². The summed E-state index contributed by atoms with van der Waals surface area (Å²) in [5.41, 5.74) is -0.369. The van der Waals surface area contributed by atoms with E-state index < -0.39 is 22.1 Å². The average molecular weight is 436 g/mol. The van der Waals surface area contributed by atoms with E-state index in [2.05, 4.69) is 0 Å². The molecule has 0 bridgehead atoms. The van der Waals surface area contributed by atoms with Crippen molar-refractivity contribution in [3.8, 4) is 23.0 Å². The maximum absolute atomic E-state index is 11.7. The Labute approximate surface area is 176 Å². The first-order valence-corrected chi connectivity index (χ1v) is 8.90. The van der Waals surface area contributed by atoms with Crippen LogP contribution in [0.4, 0.5) is 11.4 Å². The second-order valence-electron chi connectivity index (χ2n) is 6.34. The van der Waals surface area contributed by atoms with Crippen molar-refractivity contribution in [3.63, 3.8) is 0 Å². The summed E-state index contributed by atoms with van der Waals surface area (Å²) >= 11 is 0. The van der Waals surface area contributed by atoms with Crippen LogP contribution in [-0.2, 0) is 9.47 Å². The van der Waals surface area contributed by atoms with Crippen molar-refractivity contribution in [1.82, 2.24) is 0 Å². The molecular weight excluding hydrogens is 416 g/mol. The molecule has 2 aromatic carbocycles. The first-order chi connectivity index (χ1) is 14.9. The molecule has 2 aromatic rings. The third-order valence-electron chi connectivity index (χ3n) is 4.84. The van der Waals surface area contributed by atoms with Gasteiger partial charge in [0.25, 0.3) is 11.4 Å². The summed E-state index contributed by atoms with van der Waals surface area (Å²) in [6, 6.07) is 5.21. The SMILES string of the molecule is COc1cc(C2OCOC2c2cc(OC)c(OC)cc2[N+](=O)[O-])c([N+](=O)[O-])cc1OC. The van der Waals surface area contributed by atoms with E-state index in [-0.39, 0.29) is 52.3 Å². The van der Waals surface area contributed by atoms with Gasteiger partial charge in [-0.1, -0.05) is 0 Å². The molecule has 1 aliphatic heterocycles. The van der Waals surface area contributed by atoms with Crippen LogP contribution in [0.2, 0.25) is 0 Å². The van der Waals surface area contributed by atoms with Gasteiger partial charge in [0.05, 0.1) is 61.5 Å². The predicted molar refractivity (Wildman–Crippen MR) is 105 cm³/mol. The van der Waals surface area contributed by atoms with Gasteiger partial charge in [0.15, 0.2) is 23.0 Å². The Hall–Kier alpha value is -3.64. The number of rotatable bonds is 8. The quantitative estimate of drug-likeness (QED) is 0.447. The Bertz CT molecular complexity index is 930. The van der Waals surface area contributed by atoms with E-state index in [0.717, 1.165) is 0 Å². The highest BCUT2D eigenvalue weighted by molar-refractivity contribution is 5.58. The highest BCUT2D eigenvalue weighted by Gasteiger charge is 2.41. The van der Waals surface area contributed by atoms with Gasteiger partial charge in [-0.05, 0) is 12.1 Å². The first kappa shape index (κ1) is 22.1. The molecule has 166 valence electrons. The Morgan fingerprint density at radius 2 is 1.03 bits per heavy atom. The molecule has 0 saturated carbocycles. The number of nitro groups is 2. The van der Waals surface area contributed by atoms with Gasteiger partial charge in [-0.25, -0.2) is 0 Å². The van der Waals surface area contributed by atoms with Gasteiger partial charge >= 0.3 is 0 Å². The normalized spacial score (nSPS) is 17.8. The number of ether oxygens (including phenoxy) is 6. The van der Waals surface area contributed by atoms with Gasteiger partial charge in [-0.15, -0.1) is 0 Å². The summed E-state index contributed by atoms with van der Waals surface area (Å²) in [5, 5.41) is 23.4. The summed E-state index contributed by atoms with van der Waals surface area (Å²) in [6.07, 6.45) is -2.06.